The molecule has 1 aromatic rings. The van der Waals surface area contributed by atoms with Gasteiger partial charge in [0.25, 0.3) is 0 Å². The predicted molar refractivity (Wildman–Crippen MR) is 104 cm³/mol. The second-order valence-corrected chi connectivity index (χ2v) is 6.79. The molecule has 32 heavy (non-hydrogen) atoms. The first-order valence-electron chi connectivity index (χ1n) is 9.43. The van der Waals surface area contributed by atoms with E-state index in [1.54, 1.807) is 0 Å². The van der Waals surface area contributed by atoms with E-state index in [-0.39, 0.29) is 17.0 Å². The molecule has 0 radical (unpaired) electrons. The summed E-state index contributed by atoms with van der Waals surface area (Å²) in [5.41, 5.74) is 5.98. The van der Waals surface area contributed by atoms with Gasteiger partial charge in [-0.1, -0.05) is 0 Å². The minimum atomic E-state index is -1.62. The van der Waals surface area contributed by atoms with E-state index in [9.17, 15) is 23.6 Å². The Hall–Kier alpha value is -3.41. The predicted octanol–water partition coefficient (Wildman–Crippen LogP) is 0.810. The third-order valence-electron chi connectivity index (χ3n) is 4.31. The average molecular weight is 457 g/mol. The summed E-state index contributed by atoms with van der Waals surface area (Å²) in [5, 5.41) is 0. The zero-order chi connectivity index (χ0) is 24.0. The molecule has 1 fully saturated rings. The van der Waals surface area contributed by atoms with E-state index in [0.29, 0.717) is 0 Å². The number of carbonyl (C=O) groups excluding carboxylic acids is 4. The number of benzene rings is 1. The number of alkyl halides is 1. The van der Waals surface area contributed by atoms with Crippen LogP contribution >= 0.6 is 0 Å². The van der Waals surface area contributed by atoms with Gasteiger partial charge in [-0.15, -0.1) is 0 Å². The molecule has 5 atom stereocenters. The fourth-order valence-corrected chi connectivity index (χ4v) is 3.12. The zero-order valence-electron chi connectivity index (χ0n) is 17.9. The largest absolute Gasteiger partial charge is 0.467 e. The fraction of sp³-hybridized carbons (Fsp3) is 0.500. The summed E-state index contributed by atoms with van der Waals surface area (Å²) < 4.78 is 45.1. The van der Waals surface area contributed by atoms with E-state index >= 15 is 0 Å². The highest BCUT2D eigenvalue weighted by Crippen LogP contribution is 2.33. The number of hydrogen-bond donors (Lipinski definition) is 1. The van der Waals surface area contributed by atoms with E-state index in [0.717, 1.165) is 27.9 Å². The van der Waals surface area contributed by atoms with Crippen LogP contribution in [-0.2, 0) is 49.5 Å². The Kier molecular flexibility index (Phi) is 8.35. The van der Waals surface area contributed by atoms with Crippen LogP contribution in [-0.4, -0.2) is 61.7 Å². The van der Waals surface area contributed by atoms with Crippen LogP contribution in [0.5, 0.6) is 5.75 Å². The van der Waals surface area contributed by atoms with Gasteiger partial charge in [0.15, 0.2) is 18.3 Å². The van der Waals surface area contributed by atoms with Gasteiger partial charge >= 0.3 is 23.9 Å². The molecule has 0 amide bonds. The number of ether oxygens (including phenoxy) is 6. The summed E-state index contributed by atoms with van der Waals surface area (Å²) in [4.78, 5) is 47.5. The third kappa shape index (κ3) is 6.06. The monoisotopic (exact) mass is 457 g/mol. The molecule has 1 aliphatic heterocycles. The van der Waals surface area contributed by atoms with Gasteiger partial charge in [-0.25, -0.2) is 9.18 Å². The molecule has 5 unspecified atom stereocenters. The molecule has 1 aromatic carbocycles. The van der Waals surface area contributed by atoms with Crippen molar-refractivity contribution >= 4 is 29.6 Å². The van der Waals surface area contributed by atoms with E-state index in [1.165, 1.54) is 18.2 Å². The smallest absolute Gasteiger partial charge is 0.339 e. The Labute approximate surface area is 182 Å². The molecule has 12 heteroatoms. The topological polar surface area (TPSA) is 150 Å². The van der Waals surface area contributed by atoms with Crippen molar-refractivity contribution in [2.45, 2.75) is 58.2 Å². The SMILES string of the molecule is COC(=O)C1OC(Oc2ccc(N)cc2CF)C(OC(C)=O)C(OC(C)=O)C1OC(C)=O. The number of nitrogens with two attached hydrogens (primary N) is 1. The Morgan fingerprint density at radius 3 is 2.06 bits per heavy atom. The summed E-state index contributed by atoms with van der Waals surface area (Å²) in [6.07, 6.45) is -7.72. The van der Waals surface area contributed by atoms with Crippen molar-refractivity contribution in [1.82, 2.24) is 0 Å². The van der Waals surface area contributed by atoms with E-state index in [1.807, 2.05) is 0 Å². The van der Waals surface area contributed by atoms with Crippen molar-refractivity contribution < 1.29 is 52.0 Å². The average Bonchev–Trinajstić information content (AvgIpc) is 2.71. The van der Waals surface area contributed by atoms with Crippen molar-refractivity contribution in [2.75, 3.05) is 12.8 Å². The van der Waals surface area contributed by atoms with Gasteiger partial charge in [-0.05, 0) is 18.2 Å². The molecule has 1 heterocycles. The summed E-state index contributed by atoms with van der Waals surface area (Å²) in [6.45, 7) is 2.25. The number of esters is 4. The lowest BCUT2D eigenvalue weighted by molar-refractivity contribution is -0.282. The first-order chi connectivity index (χ1) is 15.1. The molecule has 0 spiro atoms. The van der Waals surface area contributed by atoms with E-state index in [4.69, 9.17) is 34.2 Å². The van der Waals surface area contributed by atoms with Crippen LogP contribution < -0.4 is 10.5 Å². The Morgan fingerprint density at radius 1 is 0.969 bits per heavy atom. The van der Waals surface area contributed by atoms with Crippen LogP contribution in [0, 0.1) is 0 Å². The normalized spacial score (nSPS) is 24.7. The number of nitrogen functional groups attached to an aromatic ring is 1. The van der Waals surface area contributed by atoms with Crippen molar-refractivity contribution in [3.8, 4) is 5.75 Å². The van der Waals surface area contributed by atoms with E-state index < -0.39 is 61.3 Å². The zero-order valence-corrected chi connectivity index (χ0v) is 17.9. The highest BCUT2D eigenvalue weighted by Gasteiger charge is 2.55. The summed E-state index contributed by atoms with van der Waals surface area (Å²) in [7, 11) is 1.06. The Bertz CT molecular complexity index is 876. The number of anilines is 1. The van der Waals surface area contributed by atoms with Crippen LogP contribution in [0.2, 0.25) is 0 Å². The molecule has 2 rings (SSSR count). The van der Waals surface area contributed by atoms with Crippen LogP contribution in [0.4, 0.5) is 10.1 Å². The molecule has 0 aromatic heterocycles. The highest BCUT2D eigenvalue weighted by molar-refractivity contribution is 5.77. The van der Waals surface area contributed by atoms with Gasteiger partial charge in [0.05, 0.1) is 7.11 Å². The molecule has 0 saturated carbocycles. The molecule has 1 saturated heterocycles. The van der Waals surface area contributed by atoms with Crippen molar-refractivity contribution in [3.05, 3.63) is 23.8 Å². The maximum Gasteiger partial charge on any atom is 0.339 e. The molecule has 0 aliphatic carbocycles. The van der Waals surface area contributed by atoms with Crippen LogP contribution in [0.25, 0.3) is 0 Å². The van der Waals surface area contributed by atoms with Gasteiger partial charge in [0, 0.05) is 32.0 Å². The number of hydrogen-bond acceptors (Lipinski definition) is 11. The highest BCUT2D eigenvalue weighted by atomic mass is 19.1. The molecule has 1 aliphatic rings. The standard InChI is InChI=1S/C20H24FNO10/c1-9(23)28-15-16(29-10(2)24)18(30-11(3)25)20(32-17(15)19(26)27-4)31-14-6-5-13(22)7-12(14)8-21/h5-7,15-18,20H,8,22H2,1-4H3. The minimum absolute atomic E-state index is 0.0278. The maximum atomic E-state index is 13.5. The first kappa shape index (κ1) is 24.9. The molecule has 0 bridgehead atoms. The minimum Gasteiger partial charge on any atom is -0.467 e. The lowest BCUT2D eigenvalue weighted by Gasteiger charge is -2.43. The van der Waals surface area contributed by atoms with Gasteiger partial charge in [-0.3, -0.25) is 14.4 Å². The fourth-order valence-electron chi connectivity index (χ4n) is 3.12. The Balaban J connectivity index is 2.54. The second kappa shape index (κ2) is 10.8. The number of carbonyl (C=O) groups is 4. The van der Waals surface area contributed by atoms with Gasteiger partial charge in [-0.2, -0.15) is 0 Å². The van der Waals surface area contributed by atoms with Crippen LogP contribution in [0.1, 0.15) is 26.3 Å². The van der Waals surface area contributed by atoms with Gasteiger partial charge in [0.2, 0.25) is 12.4 Å². The lowest BCUT2D eigenvalue weighted by Crippen LogP contribution is -2.64. The van der Waals surface area contributed by atoms with Crippen LogP contribution in [0.3, 0.4) is 0 Å². The molecular formula is C20H24FNO10. The van der Waals surface area contributed by atoms with Crippen LogP contribution in [0.15, 0.2) is 18.2 Å². The molecule has 11 nitrogen and oxygen atoms in total. The summed E-state index contributed by atoms with van der Waals surface area (Å²) >= 11 is 0. The maximum absolute atomic E-state index is 13.5. The van der Waals surface area contributed by atoms with Gasteiger partial charge < -0.3 is 34.2 Å². The van der Waals surface area contributed by atoms with Crippen molar-refractivity contribution in [2.24, 2.45) is 0 Å². The first-order valence-corrected chi connectivity index (χ1v) is 9.43. The molecule has 2 N–H and O–H groups in total. The van der Waals surface area contributed by atoms with Crippen molar-refractivity contribution in [3.63, 3.8) is 0 Å². The number of methoxy groups -OCH3 is 1. The Morgan fingerprint density at radius 2 is 1.53 bits per heavy atom. The van der Waals surface area contributed by atoms with Gasteiger partial charge in [0.1, 0.15) is 12.4 Å². The quantitative estimate of drug-likeness (QED) is 0.352. The van der Waals surface area contributed by atoms with Crippen molar-refractivity contribution in [1.29, 1.82) is 0 Å². The second-order valence-electron chi connectivity index (χ2n) is 6.79. The third-order valence-corrected chi connectivity index (χ3v) is 4.31. The van der Waals surface area contributed by atoms with E-state index in [2.05, 4.69) is 0 Å². The number of rotatable bonds is 7. The lowest BCUT2D eigenvalue weighted by atomic mass is 9.97. The molecular weight excluding hydrogens is 433 g/mol. The summed E-state index contributed by atoms with van der Waals surface area (Å²) in [5.74, 6) is -3.48. The number of halogens is 1. The summed E-state index contributed by atoms with van der Waals surface area (Å²) in [6, 6.07) is 4.10. The molecule has 176 valence electrons.